The Kier molecular flexibility index (Phi) is 5.00. The average molecular weight is 363 g/mol. The van der Waals surface area contributed by atoms with Crippen LogP contribution in [0.3, 0.4) is 0 Å². The van der Waals surface area contributed by atoms with E-state index in [9.17, 15) is 4.79 Å². The molecular weight excluding hydrogens is 338 g/mol. The van der Waals surface area contributed by atoms with Crippen LogP contribution >= 0.6 is 11.3 Å². The van der Waals surface area contributed by atoms with Gasteiger partial charge in [-0.05, 0) is 18.8 Å². The van der Waals surface area contributed by atoms with E-state index in [1.807, 2.05) is 0 Å². The van der Waals surface area contributed by atoms with Crippen molar-refractivity contribution in [3.63, 3.8) is 0 Å². The lowest BCUT2D eigenvalue weighted by Gasteiger charge is -2.35. The van der Waals surface area contributed by atoms with E-state index in [2.05, 4.69) is 26.8 Å². The van der Waals surface area contributed by atoms with Crippen molar-refractivity contribution in [3.05, 3.63) is 22.1 Å². The lowest BCUT2D eigenvalue weighted by atomic mass is 10.1. The predicted molar refractivity (Wildman–Crippen MR) is 98.7 cm³/mol. The summed E-state index contributed by atoms with van der Waals surface area (Å²) in [6.45, 7) is 9.03. The van der Waals surface area contributed by atoms with E-state index < -0.39 is 0 Å². The van der Waals surface area contributed by atoms with Crippen LogP contribution in [0.15, 0.2) is 10.9 Å². The van der Waals surface area contributed by atoms with Gasteiger partial charge >= 0.3 is 0 Å². The van der Waals surface area contributed by atoms with Crippen LogP contribution < -0.4 is 10.5 Å². The van der Waals surface area contributed by atoms with E-state index in [-0.39, 0.29) is 5.56 Å². The number of anilines is 1. The summed E-state index contributed by atoms with van der Waals surface area (Å²) in [5.41, 5.74) is 0.794. The Labute approximate surface area is 151 Å². The fourth-order valence-corrected chi connectivity index (χ4v) is 4.55. The Hall–Kier alpha value is -1.51. The van der Waals surface area contributed by atoms with Gasteiger partial charge in [0.15, 0.2) is 0 Å². The van der Waals surface area contributed by atoms with Crippen molar-refractivity contribution in [2.24, 2.45) is 5.92 Å². The minimum atomic E-state index is -0.0733. The molecule has 2 aliphatic rings. The number of fused-ring (bicyclic) bond motifs is 1. The van der Waals surface area contributed by atoms with E-state index in [0.717, 1.165) is 69.6 Å². The lowest BCUT2D eigenvalue weighted by Crippen LogP contribution is -2.48. The van der Waals surface area contributed by atoms with Crippen LogP contribution in [0.2, 0.25) is 0 Å². The van der Waals surface area contributed by atoms with Crippen molar-refractivity contribution in [1.82, 2.24) is 19.5 Å². The topological polar surface area (TPSA) is 63.0 Å². The third-order valence-corrected chi connectivity index (χ3v) is 5.95. The van der Waals surface area contributed by atoms with Crippen LogP contribution in [-0.2, 0) is 11.2 Å². The Balaban J connectivity index is 1.43. The van der Waals surface area contributed by atoms with Crippen LogP contribution in [0.25, 0.3) is 4.96 Å². The highest BCUT2D eigenvalue weighted by Gasteiger charge is 2.24. The first-order valence-electron chi connectivity index (χ1n) is 9.18. The molecule has 0 N–H and O–H groups in total. The molecule has 0 saturated carbocycles. The number of nitrogens with zero attached hydrogens (tertiary/aromatic N) is 5. The number of aromatic nitrogens is 3. The molecule has 0 amide bonds. The minimum Gasteiger partial charge on any atom is -0.381 e. The third-order valence-electron chi connectivity index (χ3n) is 4.98. The first-order chi connectivity index (χ1) is 12.2. The maximum atomic E-state index is 12.2. The van der Waals surface area contributed by atoms with E-state index in [1.54, 1.807) is 6.07 Å². The van der Waals surface area contributed by atoms with Gasteiger partial charge in [0.05, 0.1) is 6.61 Å². The number of hydrogen-bond acceptors (Lipinski definition) is 7. The van der Waals surface area contributed by atoms with E-state index in [4.69, 9.17) is 4.74 Å². The standard InChI is InChI=1S/C17H25N5O2S/c1-2-3-14-10-15(23)22-16(18-14)25-17(19-22)21-7-5-20(6-8-21)11-13-4-9-24-12-13/h10,13H,2-9,11-12H2,1H3. The highest BCUT2D eigenvalue weighted by molar-refractivity contribution is 7.20. The Morgan fingerprint density at radius 1 is 1.32 bits per heavy atom. The first kappa shape index (κ1) is 16.9. The molecule has 2 aromatic heterocycles. The molecule has 25 heavy (non-hydrogen) atoms. The highest BCUT2D eigenvalue weighted by atomic mass is 32.1. The predicted octanol–water partition coefficient (Wildman–Crippen LogP) is 1.26. The summed E-state index contributed by atoms with van der Waals surface area (Å²) in [5, 5.41) is 5.42. The second-order valence-electron chi connectivity index (χ2n) is 6.93. The Morgan fingerprint density at radius 3 is 2.88 bits per heavy atom. The molecule has 2 saturated heterocycles. The minimum absolute atomic E-state index is 0.0733. The second kappa shape index (κ2) is 7.39. The maximum Gasteiger partial charge on any atom is 0.275 e. The Morgan fingerprint density at radius 2 is 2.16 bits per heavy atom. The monoisotopic (exact) mass is 363 g/mol. The molecule has 1 atom stereocenters. The van der Waals surface area contributed by atoms with E-state index in [1.165, 1.54) is 22.3 Å². The molecule has 0 spiro atoms. The fraction of sp³-hybridized carbons (Fsp3) is 0.706. The van der Waals surface area contributed by atoms with Gasteiger partial charge < -0.3 is 9.64 Å². The van der Waals surface area contributed by atoms with Gasteiger partial charge in [0.2, 0.25) is 10.1 Å². The van der Waals surface area contributed by atoms with Crippen LogP contribution in [0, 0.1) is 5.92 Å². The van der Waals surface area contributed by atoms with Gasteiger partial charge in [0, 0.05) is 51.1 Å². The third kappa shape index (κ3) is 3.70. The number of hydrogen-bond donors (Lipinski definition) is 0. The Bertz CT molecular complexity index is 775. The molecule has 0 radical (unpaired) electrons. The van der Waals surface area contributed by atoms with Crippen LogP contribution in [0.5, 0.6) is 0 Å². The smallest absolute Gasteiger partial charge is 0.275 e. The average Bonchev–Trinajstić information content (AvgIpc) is 3.26. The summed E-state index contributed by atoms with van der Waals surface area (Å²) < 4.78 is 6.92. The van der Waals surface area contributed by atoms with Crippen molar-refractivity contribution in [3.8, 4) is 0 Å². The quantitative estimate of drug-likeness (QED) is 0.797. The van der Waals surface area contributed by atoms with Gasteiger partial charge in [-0.15, -0.1) is 5.10 Å². The molecule has 4 rings (SSSR count). The van der Waals surface area contributed by atoms with Gasteiger partial charge in [0.1, 0.15) is 0 Å². The largest absolute Gasteiger partial charge is 0.381 e. The molecule has 2 aromatic rings. The van der Waals surface area contributed by atoms with Gasteiger partial charge in [0.25, 0.3) is 5.56 Å². The SMILES string of the molecule is CCCc1cc(=O)n2nc(N3CCN(CC4CCOC4)CC3)sc2n1. The van der Waals surface area contributed by atoms with Crippen LogP contribution in [0.4, 0.5) is 5.13 Å². The van der Waals surface area contributed by atoms with Gasteiger partial charge in [-0.25, -0.2) is 4.98 Å². The normalized spacial score (nSPS) is 22.1. The molecule has 2 aliphatic heterocycles. The van der Waals surface area contributed by atoms with Crippen molar-refractivity contribution >= 4 is 21.4 Å². The summed E-state index contributed by atoms with van der Waals surface area (Å²) in [4.78, 5) is 22.3. The van der Waals surface area contributed by atoms with Gasteiger partial charge in [-0.2, -0.15) is 4.52 Å². The number of piperazine rings is 1. The molecular formula is C17H25N5O2S. The van der Waals surface area contributed by atoms with Crippen molar-refractivity contribution in [2.45, 2.75) is 26.2 Å². The molecule has 0 aliphatic carbocycles. The molecule has 0 aromatic carbocycles. The van der Waals surface area contributed by atoms with Gasteiger partial charge in [-0.3, -0.25) is 9.69 Å². The van der Waals surface area contributed by atoms with Crippen molar-refractivity contribution < 1.29 is 4.74 Å². The summed E-state index contributed by atoms with van der Waals surface area (Å²) in [6, 6.07) is 1.61. The lowest BCUT2D eigenvalue weighted by molar-refractivity contribution is 0.164. The zero-order valence-electron chi connectivity index (χ0n) is 14.7. The van der Waals surface area contributed by atoms with Crippen molar-refractivity contribution in [1.29, 1.82) is 0 Å². The van der Waals surface area contributed by atoms with Crippen molar-refractivity contribution in [2.75, 3.05) is 50.8 Å². The summed E-state index contributed by atoms with van der Waals surface area (Å²) in [7, 11) is 0. The summed E-state index contributed by atoms with van der Waals surface area (Å²) in [6.07, 6.45) is 3.01. The summed E-state index contributed by atoms with van der Waals surface area (Å²) >= 11 is 1.52. The second-order valence-corrected chi connectivity index (χ2v) is 7.87. The molecule has 8 heteroatoms. The zero-order chi connectivity index (χ0) is 17.2. The van der Waals surface area contributed by atoms with E-state index in [0.29, 0.717) is 10.9 Å². The zero-order valence-corrected chi connectivity index (χ0v) is 15.5. The highest BCUT2D eigenvalue weighted by Crippen LogP contribution is 2.23. The molecule has 4 heterocycles. The molecule has 136 valence electrons. The van der Waals surface area contributed by atoms with Gasteiger partial charge in [-0.1, -0.05) is 24.7 Å². The molecule has 0 bridgehead atoms. The van der Waals surface area contributed by atoms with E-state index >= 15 is 0 Å². The van der Waals surface area contributed by atoms with Crippen LogP contribution in [-0.4, -0.2) is 65.4 Å². The number of ether oxygens (including phenoxy) is 1. The van der Waals surface area contributed by atoms with Crippen LogP contribution in [0.1, 0.15) is 25.5 Å². The first-order valence-corrected chi connectivity index (χ1v) is 9.99. The molecule has 2 fully saturated rings. The fourth-order valence-electron chi connectivity index (χ4n) is 3.57. The molecule has 1 unspecified atom stereocenters. The number of rotatable bonds is 5. The maximum absolute atomic E-state index is 12.2. The molecule has 7 nitrogen and oxygen atoms in total. The summed E-state index contributed by atoms with van der Waals surface area (Å²) in [5.74, 6) is 0.689. The number of aryl methyl sites for hydroxylation is 1.